The summed E-state index contributed by atoms with van der Waals surface area (Å²) >= 11 is 0. The Morgan fingerprint density at radius 3 is 2.90 bits per heavy atom. The van der Waals surface area contributed by atoms with Crippen LogP contribution in [0.4, 0.5) is 0 Å². The molecule has 9 heteroatoms. The van der Waals surface area contributed by atoms with E-state index in [0.29, 0.717) is 44.7 Å². The number of ether oxygens (including phenoxy) is 2. The summed E-state index contributed by atoms with van der Waals surface area (Å²) in [5, 5.41) is 17.2. The van der Waals surface area contributed by atoms with Crippen molar-refractivity contribution < 1.29 is 14.3 Å². The smallest absolute Gasteiger partial charge is 0.246 e. The molecule has 1 aromatic rings. The Labute approximate surface area is 244 Å². The normalized spacial score (nSPS) is 36.0. The highest BCUT2D eigenvalue weighted by Crippen LogP contribution is 2.44. The number of carbonyl (C=O) groups excluding carboxylic acids is 1. The van der Waals surface area contributed by atoms with E-state index in [1.807, 2.05) is 4.90 Å². The van der Waals surface area contributed by atoms with E-state index >= 15 is 0 Å². The summed E-state index contributed by atoms with van der Waals surface area (Å²) in [4.78, 5) is 19.2. The molecule has 0 radical (unpaired) electrons. The molecule has 9 nitrogen and oxygen atoms in total. The van der Waals surface area contributed by atoms with Gasteiger partial charge < -0.3 is 19.3 Å². The summed E-state index contributed by atoms with van der Waals surface area (Å²) in [6.45, 7) is 10.4. The van der Waals surface area contributed by atoms with Crippen LogP contribution < -0.4 is 10.6 Å². The largest absolute Gasteiger partial charge is 0.370 e. The van der Waals surface area contributed by atoms with Gasteiger partial charge in [0.1, 0.15) is 0 Å². The molecular weight excluding hydrogens is 516 g/mol. The molecule has 4 fully saturated rings. The molecule has 1 spiro atoms. The van der Waals surface area contributed by atoms with Crippen molar-refractivity contribution in [2.75, 3.05) is 39.8 Å². The Kier molecular flexibility index (Phi) is 8.51. The molecule has 4 heterocycles. The van der Waals surface area contributed by atoms with Crippen molar-refractivity contribution in [3.05, 3.63) is 47.5 Å². The zero-order valence-electron chi connectivity index (χ0n) is 24.7. The number of nitrogens with one attached hydrogen (secondary N) is 2. The van der Waals surface area contributed by atoms with E-state index in [1.54, 1.807) is 0 Å². The van der Waals surface area contributed by atoms with Crippen LogP contribution in [0.25, 0.3) is 0 Å². The van der Waals surface area contributed by atoms with Gasteiger partial charge in [-0.15, -0.1) is 0 Å². The van der Waals surface area contributed by atoms with Gasteiger partial charge in [0.25, 0.3) is 0 Å². The molecule has 0 bridgehead atoms. The van der Waals surface area contributed by atoms with Gasteiger partial charge in [0.2, 0.25) is 5.91 Å². The molecule has 6 unspecified atom stereocenters. The number of hydrogen-bond acceptors (Lipinski definition) is 8. The van der Waals surface area contributed by atoms with Gasteiger partial charge in [-0.2, -0.15) is 5.26 Å². The molecule has 6 rings (SSSR count). The topological polar surface area (TPSA) is 93.1 Å². The third-order valence-electron chi connectivity index (χ3n) is 10.4. The predicted molar refractivity (Wildman–Crippen MR) is 156 cm³/mol. The first-order chi connectivity index (χ1) is 19.9. The summed E-state index contributed by atoms with van der Waals surface area (Å²) in [6, 6.07) is 9.65. The van der Waals surface area contributed by atoms with Crippen LogP contribution in [0.15, 0.2) is 30.9 Å². The van der Waals surface area contributed by atoms with E-state index in [9.17, 15) is 10.1 Å². The van der Waals surface area contributed by atoms with Crippen LogP contribution in [-0.2, 0) is 27.3 Å². The van der Waals surface area contributed by atoms with Gasteiger partial charge in [0.05, 0.1) is 43.5 Å². The van der Waals surface area contributed by atoms with Crippen molar-refractivity contribution in [2.24, 2.45) is 5.92 Å². The minimum absolute atomic E-state index is 0.0903. The molecule has 5 aliphatic rings. The van der Waals surface area contributed by atoms with Crippen molar-refractivity contribution in [1.82, 2.24) is 25.3 Å². The molecular formula is C32H46N6O3. The lowest BCUT2D eigenvalue weighted by Crippen LogP contribution is -2.73. The Morgan fingerprint density at radius 2 is 2.12 bits per heavy atom. The van der Waals surface area contributed by atoms with E-state index in [0.717, 1.165) is 38.8 Å². The number of nitrogens with zero attached hydrogens (tertiary/aromatic N) is 4. The van der Waals surface area contributed by atoms with E-state index in [4.69, 9.17) is 9.47 Å². The fourth-order valence-electron chi connectivity index (χ4n) is 8.04. The number of benzene rings is 1. The second-order valence-corrected chi connectivity index (χ2v) is 12.9. The number of amides is 1. The summed E-state index contributed by atoms with van der Waals surface area (Å²) in [5.41, 5.74) is 3.87. The van der Waals surface area contributed by atoms with Crippen LogP contribution in [0.1, 0.15) is 55.2 Å². The lowest BCUT2D eigenvalue weighted by atomic mass is 9.69. The molecule has 41 heavy (non-hydrogen) atoms. The zero-order chi connectivity index (χ0) is 28.6. The number of likely N-dealkylation sites (tertiary alicyclic amines) is 1. The lowest BCUT2D eigenvalue weighted by molar-refractivity contribution is -0.153. The number of fused-ring (bicyclic) bond motifs is 2. The second kappa shape index (κ2) is 12.1. The van der Waals surface area contributed by atoms with Gasteiger partial charge in [0.15, 0.2) is 6.35 Å². The van der Waals surface area contributed by atoms with E-state index in [1.165, 1.54) is 35.6 Å². The SMILES string of the molecule is C=CC(=O)N1CCN(C2NC(OCC3CCCN3C)NC3C[C@]4(CCC32)Cc2ccc(C)cc2CO4)CC1CC#N. The highest BCUT2D eigenvalue weighted by Gasteiger charge is 2.50. The molecule has 1 aromatic carbocycles. The Bertz CT molecular complexity index is 1170. The van der Waals surface area contributed by atoms with Crippen LogP contribution in [0.2, 0.25) is 0 Å². The van der Waals surface area contributed by atoms with Crippen LogP contribution in [0.5, 0.6) is 0 Å². The number of hydrogen-bond donors (Lipinski definition) is 2. The standard InChI is InChI=1S/C32H46N6O3/c1-4-29(39)38-15-14-37(19-25(38)10-12-33)30-27-9-11-32(17-23-8-7-22(2)16-24(23)20-41-32)18-28(27)34-31(35-30)40-21-26-6-5-13-36(26)3/h4,7-8,16,25-28,30-31,34-35H,1,5-6,9-11,13-15,17-21H2,2-3H3/t25?,26?,27?,28?,30?,31?,32-/m0/s1. The highest BCUT2D eigenvalue weighted by molar-refractivity contribution is 5.87. The third-order valence-corrected chi connectivity index (χ3v) is 10.4. The summed E-state index contributed by atoms with van der Waals surface area (Å²) in [7, 11) is 2.19. The van der Waals surface area contributed by atoms with Crippen molar-refractivity contribution in [2.45, 2.75) is 94.7 Å². The molecule has 1 saturated carbocycles. The average Bonchev–Trinajstić information content (AvgIpc) is 3.39. The van der Waals surface area contributed by atoms with E-state index < -0.39 is 0 Å². The lowest BCUT2D eigenvalue weighted by Gasteiger charge is -2.56. The quantitative estimate of drug-likeness (QED) is 0.511. The summed E-state index contributed by atoms with van der Waals surface area (Å²) < 4.78 is 13.2. The Morgan fingerprint density at radius 1 is 1.24 bits per heavy atom. The first-order valence-corrected chi connectivity index (χ1v) is 15.5. The highest BCUT2D eigenvalue weighted by atomic mass is 16.5. The fourth-order valence-corrected chi connectivity index (χ4v) is 8.04. The monoisotopic (exact) mass is 562 g/mol. The maximum absolute atomic E-state index is 12.5. The minimum Gasteiger partial charge on any atom is -0.370 e. The Hall–Kier alpha value is -2.32. The van der Waals surface area contributed by atoms with Crippen molar-refractivity contribution >= 4 is 5.91 Å². The molecule has 0 aromatic heterocycles. The van der Waals surface area contributed by atoms with Crippen LogP contribution in [0, 0.1) is 24.2 Å². The predicted octanol–water partition coefficient (Wildman–Crippen LogP) is 2.50. The minimum atomic E-state index is -0.258. The fraction of sp³-hybridized carbons (Fsp3) is 0.688. The number of carbonyl (C=O) groups is 1. The van der Waals surface area contributed by atoms with Crippen molar-refractivity contribution in [3.63, 3.8) is 0 Å². The molecule has 1 amide bonds. The van der Waals surface area contributed by atoms with Gasteiger partial charge in [0, 0.05) is 44.1 Å². The molecule has 7 atom stereocenters. The Balaban J connectivity index is 1.20. The number of likely N-dealkylation sites (N-methyl/N-ethyl adjacent to an activating group) is 1. The first-order valence-electron chi connectivity index (χ1n) is 15.5. The van der Waals surface area contributed by atoms with Crippen LogP contribution >= 0.6 is 0 Å². The molecule has 3 saturated heterocycles. The molecule has 1 aliphatic carbocycles. The third kappa shape index (κ3) is 5.96. The van der Waals surface area contributed by atoms with Gasteiger partial charge >= 0.3 is 0 Å². The second-order valence-electron chi connectivity index (χ2n) is 12.9. The molecule has 2 N–H and O–H groups in total. The summed E-state index contributed by atoms with van der Waals surface area (Å²) in [6.07, 6.45) is 7.89. The summed E-state index contributed by atoms with van der Waals surface area (Å²) in [5.74, 6) is 0.287. The number of nitriles is 1. The average molecular weight is 563 g/mol. The van der Waals surface area contributed by atoms with Crippen LogP contribution in [-0.4, -0.2) is 96.7 Å². The van der Waals surface area contributed by atoms with Crippen molar-refractivity contribution in [3.8, 4) is 6.07 Å². The number of piperazine rings is 1. The maximum atomic E-state index is 12.5. The zero-order valence-corrected chi connectivity index (χ0v) is 24.7. The van der Waals surface area contributed by atoms with Gasteiger partial charge in [-0.1, -0.05) is 30.3 Å². The van der Waals surface area contributed by atoms with E-state index in [-0.39, 0.29) is 36.1 Å². The van der Waals surface area contributed by atoms with Crippen molar-refractivity contribution in [1.29, 1.82) is 5.26 Å². The molecule has 222 valence electrons. The van der Waals surface area contributed by atoms with Gasteiger partial charge in [-0.25, -0.2) is 0 Å². The first kappa shape index (κ1) is 28.8. The molecule has 4 aliphatic heterocycles. The number of aryl methyl sites for hydroxylation is 1. The van der Waals surface area contributed by atoms with E-state index in [2.05, 4.69) is 65.3 Å². The number of rotatable bonds is 6. The van der Waals surface area contributed by atoms with Crippen LogP contribution in [0.3, 0.4) is 0 Å². The van der Waals surface area contributed by atoms with Gasteiger partial charge in [-0.05, 0) is 69.8 Å². The van der Waals surface area contributed by atoms with Gasteiger partial charge in [-0.3, -0.25) is 20.3 Å². The maximum Gasteiger partial charge on any atom is 0.246 e.